The number of aromatic nitrogens is 2. The molecule has 1 aromatic heterocycles. The first kappa shape index (κ1) is 19.9. The fourth-order valence-electron chi connectivity index (χ4n) is 2.64. The van der Waals surface area contributed by atoms with Crippen LogP contribution in [0.15, 0.2) is 65.8 Å². The van der Waals surface area contributed by atoms with Crippen molar-refractivity contribution in [3.63, 3.8) is 0 Å². The highest BCUT2D eigenvalue weighted by Crippen LogP contribution is 2.24. The van der Waals surface area contributed by atoms with Gasteiger partial charge in [-0.05, 0) is 37.6 Å². The van der Waals surface area contributed by atoms with E-state index in [-0.39, 0.29) is 11.2 Å². The van der Waals surface area contributed by atoms with E-state index in [1.807, 2.05) is 74.5 Å². The Bertz CT molecular complexity index is 930. The Labute approximate surface area is 169 Å². The van der Waals surface area contributed by atoms with Gasteiger partial charge in [0.25, 0.3) is 0 Å². The van der Waals surface area contributed by atoms with Gasteiger partial charge in [0.2, 0.25) is 5.91 Å². The van der Waals surface area contributed by atoms with Gasteiger partial charge in [-0.25, -0.2) is 9.97 Å². The lowest BCUT2D eigenvalue weighted by atomic mass is 10.1. The van der Waals surface area contributed by atoms with Gasteiger partial charge >= 0.3 is 0 Å². The molecule has 3 rings (SSSR count). The number of nitrogens with zero attached hydrogens (tertiary/aromatic N) is 2. The van der Waals surface area contributed by atoms with Crippen LogP contribution in [0.1, 0.15) is 18.2 Å². The number of carbonyl (C=O) groups excluding carboxylic acids is 1. The second-order valence-corrected chi connectivity index (χ2v) is 7.68. The molecule has 0 aliphatic carbocycles. The lowest BCUT2D eigenvalue weighted by Crippen LogP contribution is -2.30. The van der Waals surface area contributed by atoms with Crippen LogP contribution in [0.5, 0.6) is 5.75 Å². The summed E-state index contributed by atoms with van der Waals surface area (Å²) in [6.07, 6.45) is 0. The zero-order chi connectivity index (χ0) is 19.9. The normalized spacial score (nSPS) is 11.7. The predicted molar refractivity (Wildman–Crippen MR) is 112 cm³/mol. The SMILES string of the molecule is COc1ccc(CNC(=O)[C@@H](C)Sc2nc(C)cc(-c3ccccc3)n2)cc1. The van der Waals surface area contributed by atoms with E-state index in [4.69, 9.17) is 4.74 Å². The maximum atomic E-state index is 12.5. The highest BCUT2D eigenvalue weighted by Gasteiger charge is 2.16. The number of methoxy groups -OCH3 is 1. The van der Waals surface area contributed by atoms with Crippen LogP contribution in [0.4, 0.5) is 0 Å². The van der Waals surface area contributed by atoms with E-state index < -0.39 is 0 Å². The Morgan fingerprint density at radius 2 is 1.82 bits per heavy atom. The van der Waals surface area contributed by atoms with Gasteiger partial charge in [-0.15, -0.1) is 0 Å². The van der Waals surface area contributed by atoms with Gasteiger partial charge in [0.05, 0.1) is 18.1 Å². The average Bonchev–Trinajstić information content (AvgIpc) is 2.72. The number of amides is 1. The summed E-state index contributed by atoms with van der Waals surface area (Å²) in [4.78, 5) is 21.6. The van der Waals surface area contributed by atoms with Crippen molar-refractivity contribution >= 4 is 17.7 Å². The third-order valence-corrected chi connectivity index (χ3v) is 5.14. The Morgan fingerprint density at radius 1 is 1.11 bits per heavy atom. The summed E-state index contributed by atoms with van der Waals surface area (Å²) in [6.45, 7) is 4.27. The number of benzene rings is 2. The third kappa shape index (κ3) is 5.33. The molecule has 5 nitrogen and oxygen atoms in total. The molecule has 1 amide bonds. The lowest BCUT2D eigenvalue weighted by Gasteiger charge is -2.12. The second-order valence-electron chi connectivity index (χ2n) is 6.37. The number of carbonyl (C=O) groups is 1. The topological polar surface area (TPSA) is 64.1 Å². The van der Waals surface area contributed by atoms with Crippen molar-refractivity contribution < 1.29 is 9.53 Å². The number of rotatable bonds is 7. The fraction of sp³-hybridized carbons (Fsp3) is 0.227. The number of hydrogen-bond donors (Lipinski definition) is 1. The van der Waals surface area contributed by atoms with E-state index in [0.717, 1.165) is 28.3 Å². The van der Waals surface area contributed by atoms with Crippen molar-refractivity contribution in [1.82, 2.24) is 15.3 Å². The van der Waals surface area contributed by atoms with Crippen LogP contribution >= 0.6 is 11.8 Å². The van der Waals surface area contributed by atoms with E-state index in [0.29, 0.717) is 11.7 Å². The highest BCUT2D eigenvalue weighted by molar-refractivity contribution is 8.00. The minimum Gasteiger partial charge on any atom is -0.497 e. The van der Waals surface area contributed by atoms with Crippen molar-refractivity contribution in [3.8, 4) is 17.0 Å². The summed E-state index contributed by atoms with van der Waals surface area (Å²) >= 11 is 1.36. The summed E-state index contributed by atoms with van der Waals surface area (Å²) in [6, 6.07) is 19.6. The minimum atomic E-state index is -0.302. The predicted octanol–water partition coefficient (Wildman–Crippen LogP) is 4.26. The first-order chi connectivity index (χ1) is 13.5. The van der Waals surface area contributed by atoms with E-state index in [2.05, 4.69) is 15.3 Å². The molecule has 0 unspecified atom stereocenters. The van der Waals surface area contributed by atoms with Gasteiger partial charge in [-0.2, -0.15) is 0 Å². The molecule has 0 aliphatic rings. The van der Waals surface area contributed by atoms with Crippen molar-refractivity contribution in [1.29, 1.82) is 0 Å². The van der Waals surface area contributed by atoms with Crippen molar-refractivity contribution in [2.24, 2.45) is 0 Å². The molecule has 6 heteroatoms. The first-order valence-electron chi connectivity index (χ1n) is 9.03. The van der Waals surface area contributed by atoms with Crippen molar-refractivity contribution in [3.05, 3.63) is 71.9 Å². The monoisotopic (exact) mass is 393 g/mol. The molecule has 28 heavy (non-hydrogen) atoms. The van der Waals surface area contributed by atoms with Gasteiger partial charge in [0.15, 0.2) is 5.16 Å². The summed E-state index contributed by atoms with van der Waals surface area (Å²) in [7, 11) is 1.63. The summed E-state index contributed by atoms with van der Waals surface area (Å²) in [5, 5.41) is 3.26. The van der Waals surface area contributed by atoms with Crippen LogP contribution in [0.3, 0.4) is 0 Å². The van der Waals surface area contributed by atoms with Gasteiger partial charge in [-0.1, -0.05) is 54.2 Å². The number of nitrogens with one attached hydrogen (secondary N) is 1. The van der Waals surface area contributed by atoms with E-state index in [9.17, 15) is 4.79 Å². The Balaban J connectivity index is 1.62. The van der Waals surface area contributed by atoms with Crippen LogP contribution < -0.4 is 10.1 Å². The van der Waals surface area contributed by atoms with Crippen molar-refractivity contribution in [2.45, 2.75) is 30.8 Å². The Morgan fingerprint density at radius 3 is 2.50 bits per heavy atom. The fourth-order valence-corrected chi connectivity index (χ4v) is 3.49. The molecule has 144 valence electrons. The third-order valence-electron chi connectivity index (χ3n) is 4.18. The molecular weight excluding hydrogens is 370 g/mol. The highest BCUT2D eigenvalue weighted by atomic mass is 32.2. The molecule has 0 radical (unpaired) electrons. The molecule has 0 saturated heterocycles. The molecule has 0 saturated carbocycles. The Kier molecular flexibility index (Phi) is 6.66. The molecule has 3 aromatic rings. The quantitative estimate of drug-likeness (QED) is 0.480. The molecule has 0 spiro atoms. The molecule has 0 aliphatic heterocycles. The van der Waals surface area contributed by atoms with Gasteiger partial charge in [0.1, 0.15) is 5.75 Å². The minimum absolute atomic E-state index is 0.0489. The van der Waals surface area contributed by atoms with E-state index in [1.165, 1.54) is 11.8 Å². The molecule has 0 bridgehead atoms. The number of aryl methyl sites for hydroxylation is 1. The lowest BCUT2D eigenvalue weighted by molar-refractivity contribution is -0.120. The number of hydrogen-bond acceptors (Lipinski definition) is 5. The average molecular weight is 394 g/mol. The zero-order valence-corrected chi connectivity index (χ0v) is 17.0. The van der Waals surface area contributed by atoms with Crippen LogP contribution in [0.25, 0.3) is 11.3 Å². The first-order valence-corrected chi connectivity index (χ1v) is 9.91. The summed E-state index contributed by atoms with van der Waals surface area (Å²) in [5.41, 5.74) is 3.79. The second kappa shape index (κ2) is 9.37. The molecule has 0 fully saturated rings. The van der Waals surface area contributed by atoms with Gasteiger partial charge < -0.3 is 10.1 Å². The number of thioether (sulfide) groups is 1. The van der Waals surface area contributed by atoms with E-state index >= 15 is 0 Å². The molecule has 1 heterocycles. The molecule has 1 atom stereocenters. The maximum absolute atomic E-state index is 12.5. The van der Waals surface area contributed by atoms with Crippen LogP contribution in [0, 0.1) is 6.92 Å². The molecular formula is C22H23N3O2S. The summed E-state index contributed by atoms with van der Waals surface area (Å²) < 4.78 is 5.15. The standard InChI is InChI=1S/C22H23N3O2S/c1-15-13-20(18-7-5-4-6-8-18)25-22(24-15)28-16(2)21(26)23-14-17-9-11-19(27-3)12-10-17/h4-13,16H,14H2,1-3H3,(H,23,26)/t16-/m1/s1. The van der Waals surface area contributed by atoms with Crippen LogP contribution in [0.2, 0.25) is 0 Å². The van der Waals surface area contributed by atoms with Gasteiger partial charge in [-0.3, -0.25) is 4.79 Å². The maximum Gasteiger partial charge on any atom is 0.233 e. The number of ether oxygens (including phenoxy) is 1. The molecule has 2 aromatic carbocycles. The Hall–Kier alpha value is -2.86. The smallest absolute Gasteiger partial charge is 0.233 e. The largest absolute Gasteiger partial charge is 0.497 e. The summed E-state index contributed by atoms with van der Waals surface area (Å²) in [5.74, 6) is 0.747. The van der Waals surface area contributed by atoms with Gasteiger partial charge in [0, 0.05) is 17.8 Å². The van der Waals surface area contributed by atoms with Crippen LogP contribution in [-0.4, -0.2) is 28.2 Å². The van der Waals surface area contributed by atoms with Crippen LogP contribution in [-0.2, 0) is 11.3 Å². The van der Waals surface area contributed by atoms with Crippen molar-refractivity contribution in [2.75, 3.05) is 7.11 Å². The molecule has 1 N–H and O–H groups in total. The van der Waals surface area contributed by atoms with E-state index in [1.54, 1.807) is 7.11 Å². The zero-order valence-electron chi connectivity index (χ0n) is 16.2.